The van der Waals surface area contributed by atoms with Crippen LogP contribution in [0.4, 0.5) is 0 Å². The summed E-state index contributed by atoms with van der Waals surface area (Å²) < 4.78 is 6.82. The van der Waals surface area contributed by atoms with E-state index in [1.807, 2.05) is 41.1 Å². The van der Waals surface area contributed by atoms with Crippen LogP contribution in [-0.4, -0.2) is 35.9 Å². The van der Waals surface area contributed by atoms with Gasteiger partial charge in [0.15, 0.2) is 0 Å². The topological polar surface area (TPSA) is 56.1 Å². The molecule has 1 aromatic heterocycles. The molecule has 0 atom stereocenters. The van der Waals surface area contributed by atoms with E-state index in [4.69, 9.17) is 16.3 Å². The molecule has 3 rings (SSSR count). The van der Waals surface area contributed by atoms with Crippen LogP contribution in [0.25, 0.3) is 10.9 Å². The minimum Gasteiger partial charge on any atom is -0.383 e. The van der Waals surface area contributed by atoms with Crippen LogP contribution in [0.15, 0.2) is 48.7 Å². The molecule has 0 saturated heterocycles. The Morgan fingerprint density at radius 2 is 2.04 bits per heavy atom. The third-order valence-corrected chi connectivity index (χ3v) is 4.00. The van der Waals surface area contributed by atoms with Crippen molar-refractivity contribution in [2.75, 3.05) is 20.3 Å². The molecule has 3 aromatic rings. The summed E-state index contributed by atoms with van der Waals surface area (Å²) in [6, 6.07) is 13.2. The van der Waals surface area contributed by atoms with Crippen LogP contribution in [0.5, 0.6) is 0 Å². The summed E-state index contributed by atoms with van der Waals surface area (Å²) in [6.45, 7) is 1.59. The van der Waals surface area contributed by atoms with Crippen LogP contribution in [0.1, 0.15) is 15.9 Å². The van der Waals surface area contributed by atoms with E-state index < -0.39 is 0 Å². The van der Waals surface area contributed by atoms with E-state index in [-0.39, 0.29) is 5.91 Å². The summed E-state index contributed by atoms with van der Waals surface area (Å²) in [5.41, 5.74) is 2.63. The molecule has 0 bridgehead atoms. The van der Waals surface area contributed by atoms with E-state index in [9.17, 15) is 4.79 Å². The van der Waals surface area contributed by atoms with E-state index in [0.717, 1.165) is 16.5 Å². The number of carbonyl (C=O) groups excluding carboxylic acids is 1. The molecule has 0 radical (unpaired) electrons. The Morgan fingerprint density at radius 3 is 2.79 bits per heavy atom. The van der Waals surface area contributed by atoms with Gasteiger partial charge in [0.1, 0.15) is 0 Å². The number of nitrogens with one attached hydrogen (secondary N) is 1. The lowest BCUT2D eigenvalue weighted by atomic mass is 10.1. The number of aromatic nitrogens is 2. The molecule has 124 valence electrons. The van der Waals surface area contributed by atoms with Crippen LogP contribution in [0.2, 0.25) is 5.02 Å². The number of hydrogen-bond acceptors (Lipinski definition) is 3. The van der Waals surface area contributed by atoms with Gasteiger partial charge in [-0.25, -0.2) is 0 Å². The third kappa shape index (κ3) is 3.75. The minimum atomic E-state index is -0.117. The summed E-state index contributed by atoms with van der Waals surface area (Å²) in [4.78, 5) is 12.2. The molecule has 0 fully saturated rings. The smallest absolute Gasteiger partial charge is 0.251 e. The number of hydrogen-bond donors (Lipinski definition) is 1. The Kier molecular flexibility index (Phi) is 5.13. The van der Waals surface area contributed by atoms with Crippen molar-refractivity contribution < 1.29 is 9.53 Å². The van der Waals surface area contributed by atoms with Gasteiger partial charge < -0.3 is 10.1 Å². The molecule has 5 nitrogen and oxygen atoms in total. The van der Waals surface area contributed by atoms with E-state index in [0.29, 0.717) is 30.3 Å². The molecule has 0 saturated carbocycles. The van der Waals surface area contributed by atoms with Crippen molar-refractivity contribution in [1.82, 2.24) is 15.1 Å². The van der Waals surface area contributed by atoms with E-state index in [1.165, 1.54) is 0 Å². The van der Waals surface area contributed by atoms with Crippen LogP contribution >= 0.6 is 11.6 Å². The zero-order valence-electron chi connectivity index (χ0n) is 13.3. The van der Waals surface area contributed by atoms with E-state index in [1.54, 1.807) is 19.4 Å². The van der Waals surface area contributed by atoms with Crippen molar-refractivity contribution in [3.8, 4) is 0 Å². The van der Waals surface area contributed by atoms with Gasteiger partial charge in [-0.3, -0.25) is 9.48 Å². The molecule has 1 N–H and O–H groups in total. The molecule has 1 heterocycles. The first-order chi connectivity index (χ1) is 11.7. The first-order valence-corrected chi connectivity index (χ1v) is 8.02. The van der Waals surface area contributed by atoms with E-state index in [2.05, 4.69) is 10.4 Å². The highest BCUT2D eigenvalue weighted by Gasteiger charge is 2.09. The molecule has 2 aromatic carbocycles. The van der Waals surface area contributed by atoms with Crippen LogP contribution in [0, 0.1) is 0 Å². The number of halogens is 1. The second kappa shape index (κ2) is 7.47. The van der Waals surface area contributed by atoms with Crippen LogP contribution in [-0.2, 0) is 11.3 Å². The number of ether oxygens (including phenoxy) is 1. The second-order valence-electron chi connectivity index (χ2n) is 5.45. The number of nitrogens with zero attached hydrogens (tertiary/aromatic N) is 2. The number of benzene rings is 2. The van der Waals surface area contributed by atoms with Gasteiger partial charge in [0, 0.05) is 29.6 Å². The molecule has 24 heavy (non-hydrogen) atoms. The zero-order valence-corrected chi connectivity index (χ0v) is 14.1. The molecule has 0 aliphatic heterocycles. The lowest BCUT2D eigenvalue weighted by Crippen LogP contribution is -2.26. The summed E-state index contributed by atoms with van der Waals surface area (Å²) in [6.07, 6.45) is 1.80. The Bertz CT molecular complexity index is 843. The zero-order chi connectivity index (χ0) is 16.9. The second-order valence-corrected chi connectivity index (χ2v) is 5.89. The lowest BCUT2D eigenvalue weighted by molar-refractivity contribution is 0.0937. The highest BCUT2D eigenvalue weighted by atomic mass is 35.5. The fourth-order valence-electron chi connectivity index (χ4n) is 2.47. The molecule has 0 unspecified atom stereocenters. The predicted molar refractivity (Wildman–Crippen MR) is 94.5 cm³/mol. The van der Waals surface area contributed by atoms with Gasteiger partial charge in [0.05, 0.1) is 24.9 Å². The summed E-state index contributed by atoms with van der Waals surface area (Å²) >= 11 is 5.92. The predicted octanol–water partition coefficient (Wildman–Crippen LogP) is 3.11. The maximum Gasteiger partial charge on any atom is 0.251 e. The average molecular weight is 344 g/mol. The minimum absolute atomic E-state index is 0.117. The molecular weight excluding hydrogens is 326 g/mol. The van der Waals surface area contributed by atoms with Crippen LogP contribution in [0.3, 0.4) is 0 Å². The first-order valence-electron chi connectivity index (χ1n) is 7.64. The summed E-state index contributed by atoms with van der Waals surface area (Å²) in [5, 5.41) is 8.95. The largest absolute Gasteiger partial charge is 0.383 e. The number of methoxy groups -OCH3 is 1. The number of fused-ring (bicyclic) bond motifs is 1. The third-order valence-electron chi connectivity index (χ3n) is 3.74. The average Bonchev–Trinajstić information content (AvgIpc) is 2.99. The van der Waals surface area contributed by atoms with Gasteiger partial charge >= 0.3 is 0 Å². The highest BCUT2D eigenvalue weighted by Crippen LogP contribution is 2.18. The maximum atomic E-state index is 12.2. The molecular formula is C18H18ClN3O2. The first kappa shape index (κ1) is 16.5. The quantitative estimate of drug-likeness (QED) is 0.700. The van der Waals surface area contributed by atoms with Crippen LogP contribution < -0.4 is 5.32 Å². The molecule has 0 aliphatic carbocycles. The summed E-state index contributed by atoms with van der Waals surface area (Å²) in [5.74, 6) is -0.117. The SMILES string of the molecule is COCCNC(=O)c1ccc2cnn(Cc3ccc(Cl)cc3)c2c1. The van der Waals surface area contributed by atoms with Crippen molar-refractivity contribution >= 4 is 28.4 Å². The highest BCUT2D eigenvalue weighted by molar-refractivity contribution is 6.30. The number of carbonyl (C=O) groups is 1. The van der Waals surface area contributed by atoms with Crippen molar-refractivity contribution in [3.63, 3.8) is 0 Å². The molecule has 0 aliphatic rings. The molecule has 1 amide bonds. The molecule has 0 spiro atoms. The van der Waals surface area contributed by atoms with Crippen molar-refractivity contribution in [1.29, 1.82) is 0 Å². The monoisotopic (exact) mass is 343 g/mol. The van der Waals surface area contributed by atoms with Crippen molar-refractivity contribution in [3.05, 3.63) is 64.8 Å². The van der Waals surface area contributed by atoms with Gasteiger partial charge in [-0.2, -0.15) is 5.10 Å². The van der Waals surface area contributed by atoms with Gasteiger partial charge in [-0.05, 0) is 29.8 Å². The molecule has 6 heteroatoms. The Morgan fingerprint density at radius 1 is 1.25 bits per heavy atom. The number of rotatable bonds is 6. The summed E-state index contributed by atoms with van der Waals surface area (Å²) in [7, 11) is 1.60. The van der Waals surface area contributed by atoms with Gasteiger partial charge in [0.2, 0.25) is 0 Å². The normalized spacial score (nSPS) is 10.9. The van der Waals surface area contributed by atoms with Gasteiger partial charge in [-0.15, -0.1) is 0 Å². The Balaban J connectivity index is 1.83. The lowest BCUT2D eigenvalue weighted by Gasteiger charge is -2.07. The maximum absolute atomic E-state index is 12.2. The fraction of sp³-hybridized carbons (Fsp3) is 0.222. The van der Waals surface area contributed by atoms with Crippen molar-refractivity contribution in [2.24, 2.45) is 0 Å². The number of amides is 1. The Hall–Kier alpha value is -2.37. The van der Waals surface area contributed by atoms with Gasteiger partial charge in [-0.1, -0.05) is 29.8 Å². The Labute approximate surface area is 145 Å². The standard InChI is InChI=1S/C18H18ClN3O2/c1-24-9-8-20-18(23)14-4-5-15-11-21-22(17(15)10-14)12-13-2-6-16(19)7-3-13/h2-7,10-11H,8-9,12H2,1H3,(H,20,23). The van der Waals surface area contributed by atoms with Gasteiger partial charge in [0.25, 0.3) is 5.91 Å². The van der Waals surface area contributed by atoms with E-state index >= 15 is 0 Å². The fourth-order valence-corrected chi connectivity index (χ4v) is 2.60. The van der Waals surface area contributed by atoms with Crippen molar-refractivity contribution in [2.45, 2.75) is 6.54 Å².